The normalized spacial score (nSPS) is 10.7. The van der Waals surface area contributed by atoms with E-state index >= 15 is 0 Å². The topological polar surface area (TPSA) is 50.2 Å². The van der Waals surface area contributed by atoms with Crippen LogP contribution in [0.5, 0.6) is 0 Å². The van der Waals surface area contributed by atoms with Gasteiger partial charge in [-0.2, -0.15) is 0 Å². The number of carboxylic acids is 1. The molecule has 0 unspecified atom stereocenters. The van der Waals surface area contributed by atoms with E-state index in [1.165, 1.54) is 11.3 Å². The van der Waals surface area contributed by atoms with Gasteiger partial charge in [-0.15, -0.1) is 11.3 Å². The van der Waals surface area contributed by atoms with Crippen molar-refractivity contribution in [2.45, 2.75) is 26.7 Å². The number of benzene rings is 1. The molecule has 0 aliphatic heterocycles. The van der Waals surface area contributed by atoms with Crippen LogP contribution in [-0.2, 0) is 6.42 Å². The third-order valence-electron chi connectivity index (χ3n) is 2.77. The number of rotatable bonds is 4. The lowest BCUT2D eigenvalue weighted by molar-refractivity contribution is 0.0692. The van der Waals surface area contributed by atoms with Gasteiger partial charge >= 0.3 is 5.97 Å². The lowest BCUT2D eigenvalue weighted by Crippen LogP contribution is -1.99. The van der Waals surface area contributed by atoms with E-state index in [1.807, 2.05) is 26.0 Å². The van der Waals surface area contributed by atoms with Crippen LogP contribution in [0.2, 0.25) is 5.02 Å². The highest BCUT2D eigenvalue weighted by atomic mass is 35.5. The molecule has 0 saturated carbocycles. The third kappa shape index (κ3) is 2.96. The summed E-state index contributed by atoms with van der Waals surface area (Å²) in [4.78, 5) is 16.2. The maximum Gasteiger partial charge on any atom is 0.356 e. The smallest absolute Gasteiger partial charge is 0.356 e. The molecule has 0 spiro atoms. The van der Waals surface area contributed by atoms with Crippen molar-refractivity contribution >= 4 is 28.9 Å². The molecule has 0 saturated heterocycles. The highest BCUT2D eigenvalue weighted by molar-refractivity contribution is 7.15. The van der Waals surface area contributed by atoms with Gasteiger partial charge in [0.1, 0.15) is 0 Å². The summed E-state index contributed by atoms with van der Waals surface area (Å²) in [6.45, 7) is 3.96. The Kier molecular flexibility index (Phi) is 4.22. The van der Waals surface area contributed by atoms with Crippen LogP contribution in [0.1, 0.15) is 34.4 Å². The molecule has 0 aliphatic carbocycles. The molecule has 100 valence electrons. The molecule has 0 atom stereocenters. The lowest BCUT2D eigenvalue weighted by Gasteiger charge is -2.02. The molecule has 1 aromatic heterocycles. The zero-order chi connectivity index (χ0) is 14.0. The number of thiazole rings is 1. The number of hydrogen-bond donors (Lipinski definition) is 1. The minimum Gasteiger partial charge on any atom is -0.476 e. The van der Waals surface area contributed by atoms with Crippen molar-refractivity contribution in [1.82, 2.24) is 4.98 Å². The van der Waals surface area contributed by atoms with Crippen LogP contribution >= 0.6 is 22.9 Å². The fourth-order valence-corrected chi connectivity index (χ4v) is 3.09. The molecular formula is C14H14ClNO2S. The Morgan fingerprint density at radius 2 is 2.21 bits per heavy atom. The van der Waals surface area contributed by atoms with E-state index in [2.05, 4.69) is 4.98 Å². The molecule has 3 nitrogen and oxygen atoms in total. The fraction of sp³-hybridized carbons (Fsp3) is 0.286. The van der Waals surface area contributed by atoms with Crippen molar-refractivity contribution in [2.24, 2.45) is 0 Å². The molecule has 1 aromatic carbocycles. The van der Waals surface area contributed by atoms with Gasteiger partial charge in [0.05, 0.1) is 9.88 Å². The molecule has 0 amide bonds. The van der Waals surface area contributed by atoms with Gasteiger partial charge in [0.2, 0.25) is 0 Å². The van der Waals surface area contributed by atoms with E-state index < -0.39 is 5.97 Å². The number of halogens is 1. The predicted molar refractivity (Wildman–Crippen MR) is 78.3 cm³/mol. The van der Waals surface area contributed by atoms with E-state index in [1.54, 1.807) is 6.07 Å². The van der Waals surface area contributed by atoms with E-state index in [9.17, 15) is 9.90 Å². The van der Waals surface area contributed by atoms with E-state index in [0.717, 1.165) is 29.0 Å². The van der Waals surface area contributed by atoms with Crippen LogP contribution in [0.15, 0.2) is 18.2 Å². The highest BCUT2D eigenvalue weighted by Crippen LogP contribution is 2.33. The number of nitrogens with zero attached hydrogens (tertiary/aromatic N) is 1. The summed E-state index contributed by atoms with van der Waals surface area (Å²) in [5.41, 5.74) is 1.90. The second-order valence-corrected chi connectivity index (χ2v) is 5.80. The van der Waals surface area contributed by atoms with Gasteiger partial charge < -0.3 is 5.11 Å². The van der Waals surface area contributed by atoms with Crippen LogP contribution in [0.4, 0.5) is 0 Å². The summed E-state index contributed by atoms with van der Waals surface area (Å²) >= 11 is 7.53. The molecular weight excluding hydrogens is 282 g/mol. The molecule has 0 bridgehead atoms. The van der Waals surface area contributed by atoms with Gasteiger partial charge in [-0.25, -0.2) is 9.78 Å². The first-order chi connectivity index (χ1) is 9.02. The quantitative estimate of drug-likeness (QED) is 0.908. The van der Waals surface area contributed by atoms with Crippen molar-refractivity contribution in [3.63, 3.8) is 0 Å². The van der Waals surface area contributed by atoms with E-state index in [-0.39, 0.29) is 5.69 Å². The zero-order valence-electron chi connectivity index (χ0n) is 10.7. The number of carboxylic acid groups (broad SMARTS) is 1. The van der Waals surface area contributed by atoms with Gasteiger partial charge in [0.15, 0.2) is 5.69 Å². The summed E-state index contributed by atoms with van der Waals surface area (Å²) in [6.07, 6.45) is 1.74. The largest absolute Gasteiger partial charge is 0.476 e. The lowest BCUT2D eigenvalue weighted by atomic mass is 10.1. The maximum absolute atomic E-state index is 11.3. The summed E-state index contributed by atoms with van der Waals surface area (Å²) in [7, 11) is 0. The third-order valence-corrected chi connectivity index (χ3v) is 4.34. The molecule has 2 aromatic rings. The van der Waals surface area contributed by atoms with Crippen molar-refractivity contribution < 1.29 is 9.90 Å². The average Bonchev–Trinajstić information content (AvgIpc) is 2.77. The molecule has 0 fully saturated rings. The second kappa shape index (κ2) is 5.72. The Hall–Kier alpha value is -1.39. The molecule has 1 heterocycles. The number of carbonyl (C=O) groups is 1. The summed E-state index contributed by atoms with van der Waals surface area (Å²) in [6, 6.07) is 5.58. The van der Waals surface area contributed by atoms with Gasteiger partial charge in [0, 0.05) is 5.02 Å². The minimum absolute atomic E-state index is 0.119. The number of aromatic carboxylic acids is 1. The molecule has 1 N–H and O–H groups in total. The highest BCUT2D eigenvalue weighted by Gasteiger charge is 2.18. The fourth-order valence-electron chi connectivity index (χ4n) is 1.76. The van der Waals surface area contributed by atoms with Crippen molar-refractivity contribution in [1.29, 1.82) is 0 Å². The van der Waals surface area contributed by atoms with Crippen molar-refractivity contribution in [2.75, 3.05) is 0 Å². The predicted octanol–water partition coefficient (Wildman–Crippen LogP) is 4.42. The van der Waals surface area contributed by atoms with Crippen LogP contribution in [0.25, 0.3) is 10.4 Å². The van der Waals surface area contributed by atoms with Gasteiger partial charge in [-0.3, -0.25) is 0 Å². The van der Waals surface area contributed by atoms with E-state index in [4.69, 9.17) is 11.6 Å². The molecule has 0 radical (unpaired) electrons. The Bertz CT molecular complexity index is 622. The SMILES string of the molecule is CCCc1nc(C(=O)O)c(-c2ccc(C)c(Cl)c2)s1. The average molecular weight is 296 g/mol. The maximum atomic E-state index is 11.3. The Morgan fingerprint density at radius 1 is 1.47 bits per heavy atom. The van der Waals surface area contributed by atoms with E-state index in [0.29, 0.717) is 9.90 Å². The van der Waals surface area contributed by atoms with Crippen LogP contribution in [0, 0.1) is 6.92 Å². The minimum atomic E-state index is -0.995. The first-order valence-electron chi connectivity index (χ1n) is 6.02. The number of hydrogen-bond acceptors (Lipinski definition) is 3. The molecule has 5 heteroatoms. The van der Waals surface area contributed by atoms with Gasteiger partial charge in [-0.1, -0.05) is 30.7 Å². The summed E-state index contributed by atoms with van der Waals surface area (Å²) in [5.74, 6) is -0.995. The van der Waals surface area contributed by atoms with Crippen molar-refractivity contribution in [3.05, 3.63) is 39.5 Å². The Labute approximate surface area is 120 Å². The summed E-state index contributed by atoms with van der Waals surface area (Å²) in [5, 5.41) is 10.7. The standard InChI is InChI=1S/C14H14ClNO2S/c1-3-4-11-16-12(14(17)18)13(19-11)9-6-5-8(2)10(15)7-9/h5-7H,3-4H2,1-2H3,(H,17,18). The number of aryl methyl sites for hydroxylation is 2. The first-order valence-corrected chi connectivity index (χ1v) is 7.22. The van der Waals surface area contributed by atoms with Crippen LogP contribution < -0.4 is 0 Å². The number of aromatic nitrogens is 1. The second-order valence-electron chi connectivity index (χ2n) is 4.30. The van der Waals surface area contributed by atoms with Gasteiger partial charge in [0.25, 0.3) is 0 Å². The monoisotopic (exact) mass is 295 g/mol. The Morgan fingerprint density at radius 3 is 2.79 bits per heavy atom. The zero-order valence-corrected chi connectivity index (χ0v) is 12.3. The van der Waals surface area contributed by atoms with Gasteiger partial charge in [-0.05, 0) is 37.0 Å². The molecule has 2 rings (SSSR count). The van der Waals surface area contributed by atoms with Crippen molar-refractivity contribution in [3.8, 4) is 10.4 Å². The van der Waals surface area contributed by atoms with Crippen LogP contribution in [0.3, 0.4) is 0 Å². The molecule has 0 aliphatic rings. The first kappa shape index (κ1) is 14.0. The Balaban J connectivity index is 2.53. The molecule has 19 heavy (non-hydrogen) atoms. The summed E-state index contributed by atoms with van der Waals surface area (Å²) < 4.78 is 0. The van der Waals surface area contributed by atoms with Crippen LogP contribution in [-0.4, -0.2) is 16.1 Å².